The minimum atomic E-state index is -2.78. The number of benzene rings is 2. The SMILES string of the molecule is COc1cccc(C(=O)OCc2nc3ccccc3n2C(F)F)c1. The van der Waals surface area contributed by atoms with E-state index in [-0.39, 0.29) is 18.0 Å². The summed E-state index contributed by atoms with van der Waals surface area (Å²) in [5, 5.41) is 0. The molecule has 5 nitrogen and oxygen atoms in total. The Bertz CT molecular complexity index is 877. The average Bonchev–Trinajstić information content (AvgIpc) is 2.98. The summed E-state index contributed by atoms with van der Waals surface area (Å²) in [5.41, 5.74) is 0.985. The molecule has 0 aliphatic carbocycles. The van der Waals surface area contributed by atoms with E-state index in [0.717, 1.165) is 4.57 Å². The molecule has 0 spiro atoms. The molecule has 0 saturated heterocycles. The molecule has 0 unspecified atom stereocenters. The van der Waals surface area contributed by atoms with E-state index in [2.05, 4.69) is 4.98 Å². The third-order valence-corrected chi connectivity index (χ3v) is 3.50. The molecular weight excluding hydrogens is 318 g/mol. The van der Waals surface area contributed by atoms with Gasteiger partial charge in [-0.15, -0.1) is 0 Å². The molecule has 7 heteroatoms. The summed E-state index contributed by atoms with van der Waals surface area (Å²) in [5.74, 6) is -0.145. The summed E-state index contributed by atoms with van der Waals surface area (Å²) in [4.78, 5) is 16.2. The van der Waals surface area contributed by atoms with Gasteiger partial charge >= 0.3 is 12.5 Å². The molecule has 0 saturated carbocycles. The summed E-state index contributed by atoms with van der Waals surface area (Å²) in [6.45, 7) is -3.13. The summed E-state index contributed by atoms with van der Waals surface area (Å²) in [6.07, 6.45) is 0. The number of para-hydroxylation sites is 2. The molecule has 0 atom stereocenters. The van der Waals surface area contributed by atoms with E-state index in [0.29, 0.717) is 16.8 Å². The van der Waals surface area contributed by atoms with Gasteiger partial charge in [0.15, 0.2) is 5.82 Å². The highest BCUT2D eigenvalue weighted by molar-refractivity contribution is 5.89. The molecule has 0 bridgehead atoms. The standard InChI is InChI=1S/C17H14F2N2O3/c1-23-12-6-4-5-11(9-12)16(22)24-10-15-20-13-7-2-3-8-14(13)21(15)17(18)19/h2-9,17H,10H2,1H3. The number of esters is 1. The topological polar surface area (TPSA) is 53.4 Å². The van der Waals surface area contributed by atoms with Gasteiger partial charge < -0.3 is 9.47 Å². The maximum atomic E-state index is 13.3. The summed E-state index contributed by atoms with van der Waals surface area (Å²) >= 11 is 0. The van der Waals surface area contributed by atoms with Crippen molar-refractivity contribution in [3.05, 3.63) is 59.9 Å². The Morgan fingerprint density at radius 3 is 2.75 bits per heavy atom. The lowest BCUT2D eigenvalue weighted by Gasteiger charge is -2.09. The number of fused-ring (bicyclic) bond motifs is 1. The Morgan fingerprint density at radius 1 is 1.21 bits per heavy atom. The van der Waals surface area contributed by atoms with Gasteiger partial charge in [-0.25, -0.2) is 9.78 Å². The van der Waals surface area contributed by atoms with E-state index in [9.17, 15) is 13.6 Å². The fourth-order valence-corrected chi connectivity index (χ4v) is 2.38. The van der Waals surface area contributed by atoms with Gasteiger partial charge in [-0.3, -0.25) is 4.57 Å². The number of carbonyl (C=O) groups is 1. The minimum absolute atomic E-state index is 0.0116. The Morgan fingerprint density at radius 2 is 2.00 bits per heavy atom. The smallest absolute Gasteiger partial charge is 0.338 e. The van der Waals surface area contributed by atoms with Crippen LogP contribution >= 0.6 is 0 Å². The lowest BCUT2D eigenvalue weighted by Crippen LogP contribution is -2.10. The Labute approximate surface area is 136 Å². The van der Waals surface area contributed by atoms with Gasteiger partial charge in [-0.05, 0) is 30.3 Å². The number of halogens is 2. The van der Waals surface area contributed by atoms with Crippen molar-refractivity contribution in [3.63, 3.8) is 0 Å². The Balaban J connectivity index is 1.82. The first-order chi connectivity index (χ1) is 11.6. The second-order valence-electron chi connectivity index (χ2n) is 4.97. The van der Waals surface area contributed by atoms with Crippen molar-refractivity contribution in [2.75, 3.05) is 7.11 Å². The molecule has 0 radical (unpaired) electrons. The lowest BCUT2D eigenvalue weighted by molar-refractivity contribution is 0.0387. The van der Waals surface area contributed by atoms with Crippen LogP contribution < -0.4 is 4.74 Å². The average molecular weight is 332 g/mol. The number of hydrogen-bond acceptors (Lipinski definition) is 4. The zero-order valence-corrected chi connectivity index (χ0v) is 12.8. The molecule has 0 N–H and O–H groups in total. The number of imidazole rings is 1. The molecule has 3 rings (SSSR count). The van der Waals surface area contributed by atoms with Crippen LogP contribution in [0.4, 0.5) is 8.78 Å². The first kappa shape index (κ1) is 15.9. The predicted molar refractivity (Wildman–Crippen MR) is 83.1 cm³/mol. The number of rotatable bonds is 5. The fourth-order valence-electron chi connectivity index (χ4n) is 2.38. The molecule has 0 aliphatic rings. The molecule has 0 fully saturated rings. The third kappa shape index (κ3) is 3.05. The van der Waals surface area contributed by atoms with Crippen molar-refractivity contribution in [2.45, 2.75) is 13.2 Å². The van der Waals surface area contributed by atoms with Crippen molar-refractivity contribution >= 4 is 17.0 Å². The van der Waals surface area contributed by atoms with Gasteiger partial charge in [0, 0.05) is 0 Å². The highest BCUT2D eigenvalue weighted by atomic mass is 19.3. The number of methoxy groups -OCH3 is 1. The molecule has 3 aromatic rings. The fraction of sp³-hybridized carbons (Fsp3) is 0.176. The largest absolute Gasteiger partial charge is 0.497 e. The van der Waals surface area contributed by atoms with Crippen LogP contribution in [0.2, 0.25) is 0 Å². The zero-order valence-electron chi connectivity index (χ0n) is 12.8. The Kier molecular flexibility index (Phi) is 4.41. The number of alkyl halides is 2. The van der Waals surface area contributed by atoms with E-state index in [1.54, 1.807) is 42.5 Å². The van der Waals surface area contributed by atoms with Crippen molar-refractivity contribution in [1.29, 1.82) is 0 Å². The van der Waals surface area contributed by atoms with Crippen LogP contribution in [0.1, 0.15) is 22.7 Å². The van der Waals surface area contributed by atoms with Crippen LogP contribution in [0.15, 0.2) is 48.5 Å². The highest BCUT2D eigenvalue weighted by Gasteiger charge is 2.19. The molecule has 0 aliphatic heterocycles. The van der Waals surface area contributed by atoms with Crippen LogP contribution in [0.5, 0.6) is 5.75 Å². The molecule has 1 aromatic heterocycles. The van der Waals surface area contributed by atoms with Crippen molar-refractivity contribution < 1.29 is 23.0 Å². The third-order valence-electron chi connectivity index (χ3n) is 3.50. The second kappa shape index (κ2) is 6.66. The van der Waals surface area contributed by atoms with Gasteiger partial charge in [0.05, 0.1) is 23.7 Å². The maximum absolute atomic E-state index is 13.3. The van der Waals surface area contributed by atoms with Crippen LogP contribution in [0.3, 0.4) is 0 Å². The summed E-state index contributed by atoms with van der Waals surface area (Å²) < 4.78 is 37.5. The van der Waals surface area contributed by atoms with Gasteiger partial charge in [-0.2, -0.15) is 8.78 Å². The number of carbonyl (C=O) groups excluding carboxylic acids is 1. The van der Waals surface area contributed by atoms with Gasteiger partial charge in [0.25, 0.3) is 0 Å². The van der Waals surface area contributed by atoms with Gasteiger partial charge in [-0.1, -0.05) is 18.2 Å². The maximum Gasteiger partial charge on any atom is 0.338 e. The van der Waals surface area contributed by atoms with E-state index in [4.69, 9.17) is 9.47 Å². The van der Waals surface area contributed by atoms with Crippen LogP contribution in [-0.4, -0.2) is 22.6 Å². The van der Waals surface area contributed by atoms with Crippen molar-refractivity contribution in [1.82, 2.24) is 9.55 Å². The molecule has 2 aromatic carbocycles. The lowest BCUT2D eigenvalue weighted by atomic mass is 10.2. The van der Waals surface area contributed by atoms with Crippen LogP contribution in [-0.2, 0) is 11.3 Å². The van der Waals surface area contributed by atoms with Crippen LogP contribution in [0, 0.1) is 0 Å². The Hall–Kier alpha value is -2.96. The number of aromatic nitrogens is 2. The van der Waals surface area contributed by atoms with Gasteiger partial charge in [0.2, 0.25) is 0 Å². The monoisotopic (exact) mass is 332 g/mol. The van der Waals surface area contributed by atoms with E-state index in [1.165, 1.54) is 13.2 Å². The molecule has 1 heterocycles. The normalized spacial score (nSPS) is 11.0. The number of nitrogens with zero attached hydrogens (tertiary/aromatic N) is 2. The second-order valence-corrected chi connectivity index (χ2v) is 4.97. The summed E-state index contributed by atoms with van der Waals surface area (Å²) in [6, 6.07) is 12.9. The highest BCUT2D eigenvalue weighted by Crippen LogP contribution is 2.23. The zero-order chi connectivity index (χ0) is 17.1. The number of hydrogen-bond donors (Lipinski definition) is 0. The van der Waals surface area contributed by atoms with Crippen molar-refractivity contribution in [3.8, 4) is 5.75 Å². The first-order valence-corrected chi connectivity index (χ1v) is 7.15. The van der Waals surface area contributed by atoms with E-state index in [1.807, 2.05) is 0 Å². The number of ether oxygens (including phenoxy) is 2. The van der Waals surface area contributed by atoms with E-state index >= 15 is 0 Å². The molecule has 124 valence electrons. The van der Waals surface area contributed by atoms with Crippen LogP contribution in [0.25, 0.3) is 11.0 Å². The van der Waals surface area contributed by atoms with E-state index < -0.39 is 12.5 Å². The molecule has 24 heavy (non-hydrogen) atoms. The predicted octanol–water partition coefficient (Wildman–Crippen LogP) is 3.80. The van der Waals surface area contributed by atoms with Gasteiger partial charge in [0.1, 0.15) is 12.4 Å². The first-order valence-electron chi connectivity index (χ1n) is 7.15. The quantitative estimate of drug-likeness (QED) is 0.667. The minimum Gasteiger partial charge on any atom is -0.497 e. The molecular formula is C17H14F2N2O3. The summed E-state index contributed by atoms with van der Waals surface area (Å²) in [7, 11) is 1.48. The molecule has 0 amide bonds. The van der Waals surface area contributed by atoms with Crippen molar-refractivity contribution in [2.24, 2.45) is 0 Å².